The van der Waals surface area contributed by atoms with Crippen LogP contribution >= 0.6 is 0 Å². The highest BCUT2D eigenvalue weighted by Crippen LogP contribution is 2.13. The first-order valence-corrected chi connectivity index (χ1v) is 8.92. The molecule has 0 saturated heterocycles. The summed E-state index contributed by atoms with van der Waals surface area (Å²) in [5.41, 5.74) is 6.46. The van der Waals surface area contributed by atoms with E-state index in [1.807, 2.05) is 0 Å². The highest BCUT2D eigenvalue weighted by Gasteiger charge is 2.16. The second-order valence-corrected chi connectivity index (χ2v) is 7.12. The molecule has 1 aromatic rings. The van der Waals surface area contributed by atoms with E-state index in [1.54, 1.807) is 24.3 Å². The van der Waals surface area contributed by atoms with Crippen molar-refractivity contribution in [3.05, 3.63) is 29.8 Å². The van der Waals surface area contributed by atoms with Gasteiger partial charge in [0.25, 0.3) is 0 Å². The van der Waals surface area contributed by atoms with Gasteiger partial charge in [-0.15, -0.1) is 0 Å². The molecule has 0 aliphatic heterocycles. The van der Waals surface area contributed by atoms with Gasteiger partial charge >= 0.3 is 0 Å². The molecule has 114 valence electrons. The van der Waals surface area contributed by atoms with E-state index in [0.717, 1.165) is 31.5 Å². The highest BCUT2D eigenvalue weighted by molar-refractivity contribution is 7.91. The van der Waals surface area contributed by atoms with Crippen molar-refractivity contribution in [2.75, 3.05) is 25.4 Å². The number of hydrogen-bond donors (Lipinski definition) is 1. The molecule has 0 saturated carbocycles. The van der Waals surface area contributed by atoms with Crippen LogP contribution in [-0.4, -0.2) is 38.7 Å². The predicted molar refractivity (Wildman–Crippen MR) is 83.4 cm³/mol. The molecule has 0 radical (unpaired) electrons. The van der Waals surface area contributed by atoms with Gasteiger partial charge in [0.1, 0.15) is 0 Å². The lowest BCUT2D eigenvalue weighted by Gasteiger charge is -2.20. The molecule has 1 rings (SSSR count). The molecule has 0 aliphatic carbocycles. The fourth-order valence-corrected chi connectivity index (χ4v) is 3.45. The summed E-state index contributed by atoms with van der Waals surface area (Å²) in [5.74, 6) is 0.176. The largest absolute Gasteiger partial charge is 0.326 e. The van der Waals surface area contributed by atoms with Crippen LogP contribution < -0.4 is 5.73 Å². The Labute approximate surface area is 122 Å². The van der Waals surface area contributed by atoms with Crippen LogP contribution in [0.1, 0.15) is 32.3 Å². The van der Waals surface area contributed by atoms with Crippen molar-refractivity contribution >= 4 is 9.84 Å². The molecule has 5 heteroatoms. The fourth-order valence-electron chi connectivity index (χ4n) is 2.17. The minimum atomic E-state index is -3.20. The van der Waals surface area contributed by atoms with Crippen molar-refractivity contribution in [2.45, 2.75) is 38.1 Å². The third-order valence-electron chi connectivity index (χ3n) is 3.27. The van der Waals surface area contributed by atoms with Crippen LogP contribution in [-0.2, 0) is 16.4 Å². The van der Waals surface area contributed by atoms with Crippen molar-refractivity contribution in [1.82, 2.24) is 4.90 Å². The maximum absolute atomic E-state index is 12.3. The standard InChI is InChI=1S/C15H26N2O2S/c1-3-9-17(10-4-2)11-12-20(18,19)15-7-5-14(13-16)6-8-15/h5-8H,3-4,9-13,16H2,1-2H3. The summed E-state index contributed by atoms with van der Waals surface area (Å²) in [6.45, 7) is 7.17. The topological polar surface area (TPSA) is 63.4 Å². The Kier molecular flexibility index (Phi) is 7.19. The molecule has 0 spiro atoms. The summed E-state index contributed by atoms with van der Waals surface area (Å²) in [5, 5.41) is 0. The fraction of sp³-hybridized carbons (Fsp3) is 0.600. The minimum absolute atomic E-state index is 0.176. The van der Waals surface area contributed by atoms with Gasteiger partial charge in [-0.25, -0.2) is 8.42 Å². The molecule has 4 nitrogen and oxygen atoms in total. The highest BCUT2D eigenvalue weighted by atomic mass is 32.2. The van der Waals surface area contributed by atoms with Gasteiger partial charge in [-0.2, -0.15) is 0 Å². The van der Waals surface area contributed by atoms with Crippen LogP contribution in [0.25, 0.3) is 0 Å². The number of hydrogen-bond acceptors (Lipinski definition) is 4. The molecular weight excluding hydrogens is 272 g/mol. The van der Waals surface area contributed by atoms with Gasteiger partial charge in [-0.05, 0) is 43.6 Å². The second-order valence-electron chi connectivity index (χ2n) is 5.01. The zero-order valence-electron chi connectivity index (χ0n) is 12.5. The summed E-state index contributed by atoms with van der Waals surface area (Å²) in [7, 11) is -3.20. The molecule has 1 aromatic carbocycles. The van der Waals surface area contributed by atoms with E-state index >= 15 is 0 Å². The molecule has 0 amide bonds. The summed E-state index contributed by atoms with van der Waals surface area (Å²) in [6.07, 6.45) is 2.09. The minimum Gasteiger partial charge on any atom is -0.326 e. The lowest BCUT2D eigenvalue weighted by molar-refractivity contribution is 0.290. The number of benzene rings is 1. The van der Waals surface area contributed by atoms with Gasteiger partial charge in [-0.3, -0.25) is 0 Å². The quantitative estimate of drug-likeness (QED) is 0.758. The molecule has 0 unspecified atom stereocenters. The second kappa shape index (κ2) is 8.39. The lowest BCUT2D eigenvalue weighted by atomic mass is 10.2. The first-order valence-electron chi connectivity index (χ1n) is 7.27. The molecule has 0 aromatic heterocycles. The van der Waals surface area contributed by atoms with Crippen LogP contribution in [0.5, 0.6) is 0 Å². The van der Waals surface area contributed by atoms with Gasteiger partial charge in [0.05, 0.1) is 10.6 Å². The van der Waals surface area contributed by atoms with Crippen LogP contribution in [0.3, 0.4) is 0 Å². The van der Waals surface area contributed by atoms with Crippen LogP contribution in [0.2, 0.25) is 0 Å². The molecule has 0 bridgehead atoms. The smallest absolute Gasteiger partial charge is 0.179 e. The van der Waals surface area contributed by atoms with Crippen molar-refractivity contribution in [3.63, 3.8) is 0 Å². The number of rotatable bonds is 9. The zero-order chi connectivity index (χ0) is 15.0. The van der Waals surface area contributed by atoms with Gasteiger partial charge in [0.2, 0.25) is 0 Å². The van der Waals surface area contributed by atoms with Crippen LogP contribution in [0.4, 0.5) is 0 Å². The first kappa shape index (κ1) is 17.1. The summed E-state index contributed by atoms with van der Waals surface area (Å²) >= 11 is 0. The van der Waals surface area contributed by atoms with Crippen molar-refractivity contribution in [3.8, 4) is 0 Å². The Balaban J connectivity index is 2.68. The molecule has 20 heavy (non-hydrogen) atoms. The number of nitrogens with zero attached hydrogens (tertiary/aromatic N) is 1. The summed E-state index contributed by atoms with van der Waals surface area (Å²) in [6, 6.07) is 6.87. The Morgan fingerprint density at radius 3 is 2.00 bits per heavy atom. The van der Waals surface area contributed by atoms with E-state index in [1.165, 1.54) is 0 Å². The first-order chi connectivity index (χ1) is 9.53. The third-order valence-corrected chi connectivity index (χ3v) is 4.98. The molecule has 0 aliphatic rings. The Morgan fingerprint density at radius 1 is 1.00 bits per heavy atom. The molecular formula is C15H26N2O2S. The summed E-state index contributed by atoms with van der Waals surface area (Å²) < 4.78 is 24.6. The molecule has 2 N–H and O–H groups in total. The Bertz CT molecular complexity index is 477. The van der Waals surface area contributed by atoms with Gasteiger partial charge in [0.15, 0.2) is 9.84 Å². The maximum atomic E-state index is 12.3. The van der Waals surface area contributed by atoms with E-state index < -0.39 is 9.84 Å². The van der Waals surface area contributed by atoms with Crippen LogP contribution in [0.15, 0.2) is 29.2 Å². The predicted octanol–water partition coefficient (Wildman–Crippen LogP) is 2.04. The molecule has 0 atom stereocenters. The zero-order valence-corrected chi connectivity index (χ0v) is 13.3. The SMILES string of the molecule is CCCN(CCC)CCS(=O)(=O)c1ccc(CN)cc1. The maximum Gasteiger partial charge on any atom is 0.179 e. The Morgan fingerprint density at radius 2 is 1.55 bits per heavy atom. The van der Waals surface area contributed by atoms with E-state index in [2.05, 4.69) is 18.7 Å². The van der Waals surface area contributed by atoms with Gasteiger partial charge in [0, 0.05) is 13.1 Å². The normalized spacial score (nSPS) is 12.0. The molecule has 0 fully saturated rings. The van der Waals surface area contributed by atoms with Gasteiger partial charge in [-0.1, -0.05) is 26.0 Å². The lowest BCUT2D eigenvalue weighted by Crippen LogP contribution is -2.31. The summed E-state index contributed by atoms with van der Waals surface area (Å²) in [4.78, 5) is 2.61. The van der Waals surface area contributed by atoms with Crippen molar-refractivity contribution < 1.29 is 8.42 Å². The van der Waals surface area contributed by atoms with E-state index in [9.17, 15) is 8.42 Å². The van der Waals surface area contributed by atoms with Crippen molar-refractivity contribution in [1.29, 1.82) is 0 Å². The monoisotopic (exact) mass is 298 g/mol. The van der Waals surface area contributed by atoms with Gasteiger partial charge < -0.3 is 10.6 Å². The third kappa shape index (κ3) is 5.23. The Hall–Kier alpha value is -0.910. The number of sulfone groups is 1. The van der Waals surface area contributed by atoms with E-state index in [0.29, 0.717) is 18.0 Å². The average Bonchev–Trinajstić information content (AvgIpc) is 2.45. The van der Waals surface area contributed by atoms with E-state index in [-0.39, 0.29) is 5.75 Å². The number of nitrogens with two attached hydrogens (primary N) is 1. The van der Waals surface area contributed by atoms with Crippen LogP contribution in [0, 0.1) is 0 Å². The molecule has 0 heterocycles. The van der Waals surface area contributed by atoms with E-state index in [4.69, 9.17) is 5.73 Å². The van der Waals surface area contributed by atoms with Crippen molar-refractivity contribution in [2.24, 2.45) is 5.73 Å². The average molecular weight is 298 g/mol.